The van der Waals surface area contributed by atoms with Crippen LogP contribution in [0.4, 0.5) is 0 Å². The van der Waals surface area contributed by atoms with Crippen molar-refractivity contribution in [1.29, 1.82) is 0 Å². The van der Waals surface area contributed by atoms with Gasteiger partial charge in [-0.3, -0.25) is 14.7 Å². The van der Waals surface area contributed by atoms with Gasteiger partial charge < -0.3 is 20.7 Å². The topological polar surface area (TPSA) is 78.0 Å². The van der Waals surface area contributed by atoms with Crippen molar-refractivity contribution in [2.45, 2.75) is 44.8 Å². The van der Waals surface area contributed by atoms with Gasteiger partial charge in [-0.25, -0.2) is 0 Å². The number of ether oxygens (including phenoxy) is 1. The first kappa shape index (κ1) is 23.9. The highest BCUT2D eigenvalue weighted by Crippen LogP contribution is 2.18. The number of halogens is 1. The molecule has 2 aliphatic rings. The van der Waals surface area contributed by atoms with Crippen molar-refractivity contribution in [3.05, 3.63) is 35.4 Å². The summed E-state index contributed by atoms with van der Waals surface area (Å²) in [5.41, 5.74) is 2.62. The lowest BCUT2D eigenvalue weighted by molar-refractivity contribution is -0.121. The predicted molar refractivity (Wildman–Crippen MR) is 127 cm³/mol. The zero-order valence-electron chi connectivity index (χ0n) is 17.3. The smallest absolute Gasteiger partial charge is 0.220 e. The van der Waals surface area contributed by atoms with Gasteiger partial charge in [0.05, 0.1) is 13.2 Å². The fraction of sp³-hybridized carbons (Fsp3) is 0.619. The van der Waals surface area contributed by atoms with Crippen LogP contribution in [0.5, 0.6) is 0 Å². The van der Waals surface area contributed by atoms with Gasteiger partial charge in [0, 0.05) is 52.2 Å². The second kappa shape index (κ2) is 13.0. The quantitative estimate of drug-likeness (QED) is 0.203. The number of rotatable bonds is 9. The summed E-state index contributed by atoms with van der Waals surface area (Å²) in [5, 5.41) is 9.70. The number of carbonyl (C=O) groups excluding carboxylic acids is 1. The molecule has 1 aromatic carbocycles. The normalized spacial score (nSPS) is 17.3. The summed E-state index contributed by atoms with van der Waals surface area (Å²) in [4.78, 5) is 18.4. The second-order valence-electron chi connectivity index (χ2n) is 7.46. The molecule has 7 nitrogen and oxygen atoms in total. The number of benzene rings is 1. The molecule has 3 rings (SSSR count). The molecule has 1 amide bonds. The summed E-state index contributed by atoms with van der Waals surface area (Å²) in [7, 11) is 1.77. The lowest BCUT2D eigenvalue weighted by atomic mass is 10.1. The summed E-state index contributed by atoms with van der Waals surface area (Å²) < 4.78 is 5.44. The second-order valence-corrected chi connectivity index (χ2v) is 7.46. The van der Waals surface area contributed by atoms with E-state index in [0.717, 1.165) is 71.2 Å². The molecule has 0 bridgehead atoms. The molecule has 0 unspecified atom stereocenters. The van der Waals surface area contributed by atoms with Crippen LogP contribution < -0.4 is 16.0 Å². The molecule has 1 aromatic rings. The lowest BCUT2D eigenvalue weighted by Gasteiger charge is -2.27. The Morgan fingerprint density at radius 2 is 1.90 bits per heavy atom. The Morgan fingerprint density at radius 3 is 2.59 bits per heavy atom. The van der Waals surface area contributed by atoms with Crippen molar-refractivity contribution in [3.8, 4) is 0 Å². The Labute approximate surface area is 191 Å². The molecule has 0 aromatic heterocycles. The summed E-state index contributed by atoms with van der Waals surface area (Å²) in [5.74, 6) is 0.924. The van der Waals surface area contributed by atoms with Gasteiger partial charge in [-0.05, 0) is 30.4 Å². The molecule has 29 heavy (non-hydrogen) atoms. The van der Waals surface area contributed by atoms with Gasteiger partial charge in [0.2, 0.25) is 5.91 Å². The van der Waals surface area contributed by atoms with Crippen LogP contribution in [0.25, 0.3) is 0 Å². The molecular weight excluding hydrogens is 481 g/mol. The molecule has 0 spiro atoms. The summed E-state index contributed by atoms with van der Waals surface area (Å²) >= 11 is 0. The minimum absolute atomic E-state index is 0. The van der Waals surface area contributed by atoms with Crippen LogP contribution in [0.2, 0.25) is 0 Å². The highest BCUT2D eigenvalue weighted by molar-refractivity contribution is 14.0. The van der Waals surface area contributed by atoms with E-state index in [0.29, 0.717) is 12.5 Å². The van der Waals surface area contributed by atoms with E-state index in [2.05, 4.69) is 50.1 Å². The average Bonchev–Trinajstić information content (AvgIpc) is 3.53. The summed E-state index contributed by atoms with van der Waals surface area (Å²) in [6, 6.07) is 8.97. The van der Waals surface area contributed by atoms with Crippen molar-refractivity contribution in [2.24, 2.45) is 4.99 Å². The van der Waals surface area contributed by atoms with Crippen LogP contribution in [0.3, 0.4) is 0 Å². The number of nitrogens with one attached hydrogen (secondary N) is 3. The van der Waals surface area contributed by atoms with E-state index in [1.54, 1.807) is 7.05 Å². The molecule has 1 saturated carbocycles. The minimum atomic E-state index is 0. The molecule has 2 fully saturated rings. The molecule has 8 heteroatoms. The predicted octanol–water partition coefficient (Wildman–Crippen LogP) is 1.86. The molecule has 3 N–H and O–H groups in total. The first-order chi connectivity index (χ1) is 13.7. The number of hydrogen-bond donors (Lipinski definition) is 3. The maximum atomic E-state index is 11.7. The standard InChI is InChI=1S/C21H33N5O2.HI/c1-22-21(23-10-4-7-20(27)25-19-8-9-19)24-15-17-5-2-3-6-18(17)16-26-11-13-28-14-12-26;/h2-3,5-6,19H,4,7-16H2,1H3,(H,25,27)(H2,22,23,24);1H. The van der Waals surface area contributed by atoms with Crippen molar-refractivity contribution in [1.82, 2.24) is 20.9 Å². The summed E-state index contributed by atoms with van der Waals surface area (Å²) in [6.45, 7) is 6.00. The zero-order chi connectivity index (χ0) is 19.6. The van der Waals surface area contributed by atoms with Gasteiger partial charge in [0.15, 0.2) is 5.96 Å². The molecule has 1 saturated heterocycles. The third kappa shape index (κ3) is 8.88. The number of amides is 1. The van der Waals surface area contributed by atoms with E-state index >= 15 is 0 Å². The van der Waals surface area contributed by atoms with Crippen LogP contribution in [0, 0.1) is 0 Å². The SMILES string of the molecule is CN=C(NCCCC(=O)NC1CC1)NCc1ccccc1CN1CCOCC1.I. The van der Waals surface area contributed by atoms with Crippen LogP contribution in [0.15, 0.2) is 29.3 Å². The largest absolute Gasteiger partial charge is 0.379 e. The van der Waals surface area contributed by atoms with Crippen LogP contribution in [-0.4, -0.2) is 62.7 Å². The highest BCUT2D eigenvalue weighted by atomic mass is 127. The number of aliphatic imine (C=N–C) groups is 1. The Hall–Kier alpha value is -1.39. The van der Waals surface area contributed by atoms with Crippen molar-refractivity contribution >= 4 is 35.8 Å². The third-order valence-electron chi connectivity index (χ3n) is 5.10. The van der Waals surface area contributed by atoms with E-state index in [-0.39, 0.29) is 29.9 Å². The summed E-state index contributed by atoms with van der Waals surface area (Å²) in [6.07, 6.45) is 3.62. The van der Waals surface area contributed by atoms with Crippen molar-refractivity contribution in [2.75, 3.05) is 39.9 Å². The van der Waals surface area contributed by atoms with Crippen LogP contribution >= 0.6 is 24.0 Å². The molecule has 1 aliphatic carbocycles. The first-order valence-electron chi connectivity index (χ1n) is 10.4. The highest BCUT2D eigenvalue weighted by Gasteiger charge is 2.22. The van der Waals surface area contributed by atoms with Crippen molar-refractivity contribution in [3.63, 3.8) is 0 Å². The fourth-order valence-corrected chi connectivity index (χ4v) is 3.27. The Balaban J connectivity index is 0.00000300. The van der Waals surface area contributed by atoms with Gasteiger partial charge in [-0.15, -0.1) is 24.0 Å². The molecular formula is C21H34IN5O2. The Morgan fingerprint density at radius 1 is 1.17 bits per heavy atom. The van der Waals surface area contributed by atoms with Gasteiger partial charge in [0.25, 0.3) is 0 Å². The average molecular weight is 515 g/mol. The zero-order valence-corrected chi connectivity index (χ0v) is 19.6. The van der Waals surface area contributed by atoms with Gasteiger partial charge in [-0.1, -0.05) is 24.3 Å². The molecule has 1 heterocycles. The number of hydrogen-bond acceptors (Lipinski definition) is 4. The van der Waals surface area contributed by atoms with E-state index in [4.69, 9.17) is 4.74 Å². The Bertz CT molecular complexity index is 660. The number of carbonyl (C=O) groups is 1. The number of morpholine rings is 1. The fourth-order valence-electron chi connectivity index (χ4n) is 3.27. The molecule has 0 radical (unpaired) electrons. The first-order valence-corrected chi connectivity index (χ1v) is 10.4. The monoisotopic (exact) mass is 515 g/mol. The molecule has 1 aliphatic heterocycles. The van der Waals surface area contributed by atoms with Gasteiger partial charge in [0.1, 0.15) is 0 Å². The van der Waals surface area contributed by atoms with Gasteiger partial charge in [-0.2, -0.15) is 0 Å². The minimum Gasteiger partial charge on any atom is -0.379 e. The maximum absolute atomic E-state index is 11.7. The maximum Gasteiger partial charge on any atom is 0.220 e. The number of nitrogens with zero attached hydrogens (tertiary/aromatic N) is 2. The third-order valence-corrected chi connectivity index (χ3v) is 5.10. The Kier molecular flexibility index (Phi) is 10.7. The van der Waals surface area contributed by atoms with E-state index in [1.165, 1.54) is 11.1 Å². The van der Waals surface area contributed by atoms with E-state index in [1.807, 2.05) is 0 Å². The lowest BCUT2D eigenvalue weighted by Crippen LogP contribution is -2.38. The number of guanidine groups is 1. The molecule has 162 valence electrons. The van der Waals surface area contributed by atoms with Crippen LogP contribution in [-0.2, 0) is 22.6 Å². The van der Waals surface area contributed by atoms with Gasteiger partial charge >= 0.3 is 0 Å². The van der Waals surface area contributed by atoms with Crippen LogP contribution in [0.1, 0.15) is 36.8 Å². The van der Waals surface area contributed by atoms with Crippen molar-refractivity contribution < 1.29 is 9.53 Å². The van der Waals surface area contributed by atoms with E-state index < -0.39 is 0 Å². The van der Waals surface area contributed by atoms with E-state index in [9.17, 15) is 4.79 Å². The molecule has 0 atom stereocenters.